The Bertz CT molecular complexity index is 1310. The summed E-state index contributed by atoms with van der Waals surface area (Å²) in [5.74, 6) is -2.05. The second-order valence-electron chi connectivity index (χ2n) is 15.0. The highest BCUT2D eigenvalue weighted by Crippen LogP contribution is 2.24. The van der Waals surface area contributed by atoms with Gasteiger partial charge in [-0.2, -0.15) is 8.42 Å². The lowest BCUT2D eigenvalue weighted by Gasteiger charge is -2.40. The van der Waals surface area contributed by atoms with Crippen LogP contribution in [-0.2, 0) is 38.7 Å². The molecule has 0 amide bonds. The Morgan fingerprint density at radius 1 is 0.603 bits per heavy atom. The lowest BCUT2D eigenvalue weighted by Crippen LogP contribution is -2.60. The number of ether oxygens (including phenoxy) is 4. The van der Waals surface area contributed by atoms with Crippen LogP contribution in [0.1, 0.15) is 155 Å². The number of rotatable bonds is 35. The van der Waals surface area contributed by atoms with Crippen molar-refractivity contribution < 1.29 is 56.8 Å². The number of carbonyl (C=O) groups is 2. The minimum absolute atomic E-state index is 0.109. The summed E-state index contributed by atoms with van der Waals surface area (Å²) in [6.45, 7) is 3.58. The van der Waals surface area contributed by atoms with E-state index in [0.29, 0.717) is 12.8 Å². The largest absolute Gasteiger partial charge is 0.462 e. The van der Waals surface area contributed by atoms with Crippen molar-refractivity contribution in [2.45, 2.75) is 192 Å². The molecule has 1 aliphatic heterocycles. The molecule has 1 saturated heterocycles. The Hall–Kier alpha value is -2.65. The molecule has 0 radical (unpaired) electrons. The summed E-state index contributed by atoms with van der Waals surface area (Å²) < 4.78 is 53.9. The molecule has 0 aliphatic carbocycles. The normalized spacial score (nSPS) is 21.0. The molecule has 13 heteroatoms. The molecule has 4 N–H and O–H groups in total. The van der Waals surface area contributed by atoms with Crippen molar-refractivity contribution in [3.8, 4) is 0 Å². The summed E-state index contributed by atoms with van der Waals surface area (Å²) >= 11 is 0. The van der Waals surface area contributed by atoms with Crippen LogP contribution in [0.2, 0.25) is 0 Å². The number of aliphatic hydroxyl groups excluding tert-OH is 3. The van der Waals surface area contributed by atoms with Crippen LogP contribution in [0.25, 0.3) is 0 Å². The number of carbonyl (C=O) groups excluding carboxylic acids is 2. The van der Waals surface area contributed by atoms with Gasteiger partial charge in [0.05, 0.1) is 6.61 Å². The molecule has 58 heavy (non-hydrogen) atoms. The third-order valence-electron chi connectivity index (χ3n) is 9.58. The maximum atomic E-state index is 12.8. The predicted molar refractivity (Wildman–Crippen MR) is 229 cm³/mol. The highest BCUT2D eigenvalue weighted by atomic mass is 32.2. The lowest BCUT2D eigenvalue weighted by atomic mass is 10.00. The van der Waals surface area contributed by atoms with E-state index < -0.39 is 71.2 Å². The van der Waals surface area contributed by atoms with E-state index in [1.807, 2.05) is 0 Å². The van der Waals surface area contributed by atoms with Crippen molar-refractivity contribution >= 4 is 22.1 Å². The van der Waals surface area contributed by atoms with Gasteiger partial charge in [0, 0.05) is 12.8 Å². The smallest absolute Gasteiger partial charge is 0.306 e. The summed E-state index contributed by atoms with van der Waals surface area (Å²) in [5.41, 5.74) is 0. The molecule has 1 rings (SSSR count). The average molecular weight is 841 g/mol. The summed E-state index contributed by atoms with van der Waals surface area (Å²) in [7, 11) is -4.61. The van der Waals surface area contributed by atoms with Crippen LogP contribution in [0.15, 0.2) is 60.8 Å². The first kappa shape index (κ1) is 53.4. The summed E-state index contributed by atoms with van der Waals surface area (Å²) in [6, 6.07) is 0. The van der Waals surface area contributed by atoms with Gasteiger partial charge in [0.1, 0.15) is 36.8 Å². The molecule has 12 nitrogen and oxygen atoms in total. The van der Waals surface area contributed by atoms with Crippen LogP contribution in [0.5, 0.6) is 0 Å². The van der Waals surface area contributed by atoms with Gasteiger partial charge in [0.15, 0.2) is 12.4 Å². The van der Waals surface area contributed by atoms with E-state index in [0.717, 1.165) is 70.6 Å². The number of hydrogen-bond donors (Lipinski definition) is 4. The van der Waals surface area contributed by atoms with E-state index in [9.17, 15) is 37.9 Å². The molecular weight excluding hydrogens is 765 g/mol. The lowest BCUT2D eigenvalue weighted by molar-refractivity contribution is -0.297. The van der Waals surface area contributed by atoms with Crippen LogP contribution >= 0.6 is 0 Å². The number of aliphatic hydroxyl groups is 3. The van der Waals surface area contributed by atoms with Gasteiger partial charge in [-0.05, 0) is 77.0 Å². The van der Waals surface area contributed by atoms with Gasteiger partial charge < -0.3 is 34.3 Å². The maximum absolute atomic E-state index is 12.8. The van der Waals surface area contributed by atoms with E-state index in [2.05, 4.69) is 74.6 Å². The molecule has 0 bridgehead atoms. The maximum Gasteiger partial charge on any atom is 0.306 e. The first-order valence-corrected chi connectivity index (χ1v) is 23.5. The molecular formula is C45H76O12S. The van der Waals surface area contributed by atoms with Crippen LogP contribution in [0.3, 0.4) is 0 Å². The molecule has 1 aliphatic rings. The standard InChI is InChI=1S/C45H76O12S/c1-3-5-7-9-11-13-15-17-19-21-23-25-27-29-31-33-40(46)54-35-38(36-55-45-44(50)43(49)42(48)39(57-45)37-58(51,52)53)56-41(47)34-32-30-28-26-24-22-20-18-16-14-12-10-8-6-4-2/h6,8,12-15,18,20,24,26,38-39,42-45,48-50H,3-5,7,9-11,16-17,19,21-23,25,27-37H2,1-2H3,(H,51,52,53)/b8-6+,14-12+,15-13+,20-18+,26-24+/t38-,39-,42-,43?,44?,45+/m1/s1. The Morgan fingerprint density at radius 3 is 1.67 bits per heavy atom. The third kappa shape index (κ3) is 29.5. The van der Waals surface area contributed by atoms with Crippen LogP contribution in [0, 0.1) is 0 Å². The molecule has 0 aromatic carbocycles. The molecule has 1 fully saturated rings. The number of esters is 2. The molecule has 2 unspecified atom stereocenters. The van der Waals surface area contributed by atoms with Gasteiger partial charge in [-0.1, -0.05) is 126 Å². The van der Waals surface area contributed by atoms with Gasteiger partial charge in [-0.25, -0.2) is 0 Å². The van der Waals surface area contributed by atoms with Crippen molar-refractivity contribution in [2.24, 2.45) is 0 Å². The van der Waals surface area contributed by atoms with Crippen LogP contribution < -0.4 is 0 Å². The molecule has 1 heterocycles. The first-order valence-electron chi connectivity index (χ1n) is 21.8. The first-order chi connectivity index (χ1) is 28.0. The fourth-order valence-electron chi connectivity index (χ4n) is 6.19. The van der Waals surface area contributed by atoms with Gasteiger partial charge >= 0.3 is 11.9 Å². The third-order valence-corrected chi connectivity index (χ3v) is 10.3. The highest BCUT2D eigenvalue weighted by molar-refractivity contribution is 7.85. The zero-order valence-electron chi connectivity index (χ0n) is 35.4. The molecule has 334 valence electrons. The van der Waals surface area contributed by atoms with E-state index in [1.54, 1.807) is 0 Å². The Morgan fingerprint density at radius 2 is 1.09 bits per heavy atom. The summed E-state index contributed by atoms with van der Waals surface area (Å²) in [5, 5.41) is 30.8. The Labute approximate surface area is 349 Å². The van der Waals surface area contributed by atoms with E-state index >= 15 is 0 Å². The predicted octanol–water partition coefficient (Wildman–Crippen LogP) is 8.56. The SMILES string of the molecule is CC/C=C/C/C=C/C/C=C/C/C=C/CCCCC(=O)O[C@H](COC(=O)CCCCCCCCC/C=C/CCCCCC)CO[C@H]1O[C@H](CS(=O)(=O)O)[C@@H](O)C(O)C1O. The fourth-order valence-corrected chi connectivity index (χ4v) is 6.88. The van der Waals surface area contributed by atoms with Gasteiger partial charge in [0.25, 0.3) is 10.1 Å². The van der Waals surface area contributed by atoms with Crippen molar-refractivity contribution in [1.82, 2.24) is 0 Å². The second kappa shape index (κ2) is 35.1. The van der Waals surface area contributed by atoms with Crippen molar-refractivity contribution in [1.29, 1.82) is 0 Å². The topological polar surface area (TPSA) is 186 Å². The molecule has 0 aromatic heterocycles. The molecule has 0 saturated carbocycles. The number of hydrogen-bond acceptors (Lipinski definition) is 11. The number of allylic oxidation sites excluding steroid dienone is 10. The quantitative estimate of drug-likeness (QED) is 0.0207. The fraction of sp³-hybridized carbons (Fsp3) is 0.733. The van der Waals surface area contributed by atoms with Crippen LogP contribution in [0.4, 0.5) is 0 Å². The zero-order chi connectivity index (χ0) is 42.7. The highest BCUT2D eigenvalue weighted by Gasteiger charge is 2.46. The van der Waals surface area contributed by atoms with Crippen molar-refractivity contribution in [3.63, 3.8) is 0 Å². The zero-order valence-corrected chi connectivity index (χ0v) is 36.2. The van der Waals surface area contributed by atoms with Crippen molar-refractivity contribution in [3.05, 3.63) is 60.8 Å². The second-order valence-corrected chi connectivity index (χ2v) is 16.5. The molecule has 0 aromatic rings. The Kier molecular flexibility index (Phi) is 32.3. The van der Waals surface area contributed by atoms with E-state index in [4.69, 9.17) is 18.9 Å². The van der Waals surface area contributed by atoms with Crippen LogP contribution in [-0.4, -0.2) is 96.0 Å². The number of unbranched alkanes of at least 4 members (excludes halogenated alkanes) is 13. The molecule has 0 spiro atoms. The van der Waals surface area contributed by atoms with Gasteiger partial charge in [-0.3, -0.25) is 14.1 Å². The van der Waals surface area contributed by atoms with E-state index in [1.165, 1.54) is 44.9 Å². The minimum atomic E-state index is -4.61. The van der Waals surface area contributed by atoms with Gasteiger partial charge in [0.2, 0.25) is 0 Å². The molecule has 6 atom stereocenters. The van der Waals surface area contributed by atoms with Gasteiger partial charge in [-0.15, -0.1) is 0 Å². The van der Waals surface area contributed by atoms with E-state index in [-0.39, 0.29) is 19.4 Å². The average Bonchev–Trinajstić information content (AvgIpc) is 3.18. The Balaban J connectivity index is 2.50. The summed E-state index contributed by atoms with van der Waals surface area (Å²) in [4.78, 5) is 25.4. The monoisotopic (exact) mass is 841 g/mol. The minimum Gasteiger partial charge on any atom is -0.462 e. The van der Waals surface area contributed by atoms with Crippen molar-refractivity contribution in [2.75, 3.05) is 19.0 Å². The summed E-state index contributed by atoms with van der Waals surface area (Å²) in [6.07, 6.45) is 32.7.